The molecule has 3 heteroatoms. The first kappa shape index (κ1) is 13.4. The summed E-state index contributed by atoms with van der Waals surface area (Å²) in [5.74, 6) is 0.824. The van der Waals surface area contributed by atoms with E-state index in [1.807, 2.05) is 0 Å². The highest BCUT2D eigenvalue weighted by Gasteiger charge is 2.26. The summed E-state index contributed by atoms with van der Waals surface area (Å²) in [6.45, 7) is 7.99. The second-order valence-electron chi connectivity index (χ2n) is 6.18. The standard InChI is InChI=1S/C16H23BrN2/c1-11-7-15(8-12(2)16(11)17)19-6-5-13(10-19)9-18-14-3-4-14/h7-8,13-14,18H,3-6,9-10H2,1-2H3. The Morgan fingerprint density at radius 1 is 1.21 bits per heavy atom. The molecule has 1 unspecified atom stereocenters. The lowest BCUT2D eigenvalue weighted by Gasteiger charge is -2.21. The fourth-order valence-corrected chi connectivity index (χ4v) is 3.19. The van der Waals surface area contributed by atoms with Gasteiger partial charge >= 0.3 is 0 Å². The molecule has 1 aromatic carbocycles. The smallest absolute Gasteiger partial charge is 0.0372 e. The van der Waals surface area contributed by atoms with Gasteiger partial charge in [0.15, 0.2) is 0 Å². The predicted molar refractivity (Wildman–Crippen MR) is 85.0 cm³/mol. The highest BCUT2D eigenvalue weighted by molar-refractivity contribution is 9.10. The third kappa shape index (κ3) is 3.14. The van der Waals surface area contributed by atoms with E-state index in [0.717, 1.165) is 12.0 Å². The molecular weight excluding hydrogens is 300 g/mol. The maximum Gasteiger partial charge on any atom is 0.0372 e. The Hall–Kier alpha value is -0.540. The van der Waals surface area contributed by atoms with Crippen molar-refractivity contribution in [3.63, 3.8) is 0 Å². The Kier molecular flexibility index (Phi) is 3.86. The van der Waals surface area contributed by atoms with E-state index in [9.17, 15) is 0 Å². The zero-order valence-corrected chi connectivity index (χ0v) is 13.5. The summed E-state index contributed by atoms with van der Waals surface area (Å²) in [7, 11) is 0. The summed E-state index contributed by atoms with van der Waals surface area (Å²) in [4.78, 5) is 2.55. The van der Waals surface area contributed by atoms with E-state index >= 15 is 0 Å². The summed E-state index contributed by atoms with van der Waals surface area (Å²) in [6.07, 6.45) is 4.11. The van der Waals surface area contributed by atoms with Gasteiger partial charge in [-0.3, -0.25) is 0 Å². The van der Waals surface area contributed by atoms with Gasteiger partial charge in [-0.2, -0.15) is 0 Å². The largest absolute Gasteiger partial charge is 0.371 e. The quantitative estimate of drug-likeness (QED) is 0.910. The number of hydrogen-bond acceptors (Lipinski definition) is 2. The highest BCUT2D eigenvalue weighted by Crippen LogP contribution is 2.30. The Balaban J connectivity index is 1.63. The SMILES string of the molecule is Cc1cc(N2CCC(CNC3CC3)C2)cc(C)c1Br. The van der Waals surface area contributed by atoms with E-state index < -0.39 is 0 Å². The number of nitrogens with one attached hydrogen (secondary N) is 1. The van der Waals surface area contributed by atoms with Crippen molar-refractivity contribution >= 4 is 21.6 Å². The molecule has 1 atom stereocenters. The zero-order valence-electron chi connectivity index (χ0n) is 11.9. The van der Waals surface area contributed by atoms with Crippen molar-refractivity contribution in [1.82, 2.24) is 5.32 Å². The van der Waals surface area contributed by atoms with E-state index in [4.69, 9.17) is 0 Å². The van der Waals surface area contributed by atoms with Crippen LogP contribution in [0.3, 0.4) is 0 Å². The number of aryl methyl sites for hydroxylation is 2. The second kappa shape index (κ2) is 5.45. The zero-order chi connectivity index (χ0) is 13.4. The summed E-state index contributed by atoms with van der Waals surface area (Å²) < 4.78 is 1.25. The van der Waals surface area contributed by atoms with Crippen molar-refractivity contribution in [2.75, 3.05) is 24.5 Å². The van der Waals surface area contributed by atoms with Gasteiger partial charge in [-0.05, 0) is 68.8 Å². The minimum absolute atomic E-state index is 0.824. The summed E-state index contributed by atoms with van der Waals surface area (Å²) in [5, 5.41) is 3.67. The van der Waals surface area contributed by atoms with Crippen molar-refractivity contribution in [3.05, 3.63) is 27.7 Å². The fourth-order valence-electron chi connectivity index (χ4n) is 2.96. The van der Waals surface area contributed by atoms with Gasteiger partial charge in [0.05, 0.1) is 0 Å². The lowest BCUT2D eigenvalue weighted by atomic mass is 10.1. The van der Waals surface area contributed by atoms with E-state index in [-0.39, 0.29) is 0 Å². The molecule has 0 aromatic heterocycles. The molecule has 1 heterocycles. The van der Waals surface area contributed by atoms with Gasteiger partial charge in [0.1, 0.15) is 0 Å². The Morgan fingerprint density at radius 3 is 2.53 bits per heavy atom. The first-order chi connectivity index (χ1) is 9.13. The molecule has 1 aromatic rings. The number of nitrogens with zero attached hydrogens (tertiary/aromatic N) is 1. The topological polar surface area (TPSA) is 15.3 Å². The van der Waals surface area contributed by atoms with Crippen LogP contribution in [0.2, 0.25) is 0 Å². The van der Waals surface area contributed by atoms with Gasteiger partial charge in [0.2, 0.25) is 0 Å². The fraction of sp³-hybridized carbons (Fsp3) is 0.625. The molecule has 0 spiro atoms. The van der Waals surface area contributed by atoms with Crippen LogP contribution in [0.1, 0.15) is 30.4 Å². The van der Waals surface area contributed by atoms with Crippen LogP contribution in [-0.4, -0.2) is 25.7 Å². The monoisotopic (exact) mass is 322 g/mol. The van der Waals surface area contributed by atoms with Crippen LogP contribution >= 0.6 is 15.9 Å². The van der Waals surface area contributed by atoms with Crippen molar-refractivity contribution in [2.45, 2.75) is 39.2 Å². The Labute approximate surface area is 124 Å². The first-order valence-electron chi connectivity index (χ1n) is 7.38. The first-order valence-corrected chi connectivity index (χ1v) is 8.18. The van der Waals surface area contributed by atoms with E-state index in [1.54, 1.807) is 0 Å². The predicted octanol–water partition coefficient (Wildman–Crippen LogP) is 3.64. The molecule has 2 fully saturated rings. The number of halogens is 1. The average molecular weight is 323 g/mol. The van der Waals surface area contributed by atoms with Gasteiger partial charge in [0, 0.05) is 29.3 Å². The molecule has 0 amide bonds. The molecule has 0 radical (unpaired) electrons. The summed E-state index contributed by atoms with van der Waals surface area (Å²) in [6, 6.07) is 5.47. The molecule has 104 valence electrons. The molecule has 1 aliphatic heterocycles. The number of anilines is 1. The normalized spacial score (nSPS) is 23.1. The molecule has 1 saturated carbocycles. The van der Waals surface area contributed by atoms with Gasteiger partial charge < -0.3 is 10.2 Å². The third-order valence-electron chi connectivity index (χ3n) is 4.34. The summed E-state index contributed by atoms with van der Waals surface area (Å²) in [5.41, 5.74) is 4.08. The van der Waals surface area contributed by atoms with Crippen molar-refractivity contribution in [1.29, 1.82) is 0 Å². The van der Waals surface area contributed by atoms with Crippen molar-refractivity contribution in [3.8, 4) is 0 Å². The van der Waals surface area contributed by atoms with E-state index in [0.29, 0.717) is 0 Å². The van der Waals surface area contributed by atoms with Gasteiger partial charge in [-0.1, -0.05) is 15.9 Å². The van der Waals surface area contributed by atoms with Crippen LogP contribution in [0.5, 0.6) is 0 Å². The Morgan fingerprint density at radius 2 is 1.89 bits per heavy atom. The number of benzene rings is 1. The van der Waals surface area contributed by atoms with Crippen molar-refractivity contribution in [2.24, 2.45) is 5.92 Å². The van der Waals surface area contributed by atoms with E-state index in [1.165, 1.54) is 60.2 Å². The van der Waals surface area contributed by atoms with Gasteiger partial charge in [0.25, 0.3) is 0 Å². The van der Waals surface area contributed by atoms with Crippen LogP contribution in [0.25, 0.3) is 0 Å². The van der Waals surface area contributed by atoms with Gasteiger partial charge in [-0.15, -0.1) is 0 Å². The minimum Gasteiger partial charge on any atom is -0.371 e. The average Bonchev–Trinajstić information content (AvgIpc) is 3.10. The molecule has 0 bridgehead atoms. The van der Waals surface area contributed by atoms with E-state index in [2.05, 4.69) is 52.1 Å². The van der Waals surface area contributed by atoms with Crippen LogP contribution in [0, 0.1) is 19.8 Å². The lowest BCUT2D eigenvalue weighted by molar-refractivity contribution is 0.515. The van der Waals surface area contributed by atoms with Crippen LogP contribution in [-0.2, 0) is 0 Å². The molecular formula is C16H23BrN2. The maximum atomic E-state index is 3.67. The van der Waals surface area contributed by atoms with Crippen LogP contribution < -0.4 is 10.2 Å². The molecule has 2 aliphatic rings. The van der Waals surface area contributed by atoms with Gasteiger partial charge in [-0.25, -0.2) is 0 Å². The molecule has 1 aliphatic carbocycles. The number of hydrogen-bond donors (Lipinski definition) is 1. The second-order valence-corrected chi connectivity index (χ2v) is 6.97. The van der Waals surface area contributed by atoms with Crippen LogP contribution in [0.4, 0.5) is 5.69 Å². The Bertz CT molecular complexity index is 445. The molecule has 1 N–H and O–H groups in total. The third-order valence-corrected chi connectivity index (χ3v) is 5.60. The minimum atomic E-state index is 0.824. The lowest BCUT2D eigenvalue weighted by Crippen LogP contribution is -2.27. The highest BCUT2D eigenvalue weighted by atomic mass is 79.9. The molecule has 3 rings (SSSR count). The van der Waals surface area contributed by atoms with Crippen molar-refractivity contribution < 1.29 is 0 Å². The molecule has 19 heavy (non-hydrogen) atoms. The number of rotatable bonds is 4. The maximum absolute atomic E-state index is 3.67. The summed E-state index contributed by atoms with van der Waals surface area (Å²) >= 11 is 3.65. The molecule has 2 nitrogen and oxygen atoms in total. The molecule has 1 saturated heterocycles. The van der Waals surface area contributed by atoms with Crippen LogP contribution in [0.15, 0.2) is 16.6 Å².